The largest absolute Gasteiger partial charge is 0.494 e. The summed E-state index contributed by atoms with van der Waals surface area (Å²) in [6.45, 7) is 14.3. The normalized spacial score (nSPS) is 15.5. The number of carbonyl (C=O) groups is 1. The van der Waals surface area contributed by atoms with Crippen LogP contribution < -0.4 is 15.3 Å². The van der Waals surface area contributed by atoms with Gasteiger partial charge in [-0.25, -0.2) is 23.5 Å². The monoisotopic (exact) mass is 676 g/mol. The summed E-state index contributed by atoms with van der Waals surface area (Å²) in [6.07, 6.45) is 2.74. The second kappa shape index (κ2) is 12.4. The van der Waals surface area contributed by atoms with E-state index in [0.29, 0.717) is 47.6 Å². The highest BCUT2D eigenvalue weighted by Crippen LogP contribution is 2.42. The molecule has 0 bridgehead atoms. The molecular weight excluding hydrogens is 639 g/mol. The molecule has 11 nitrogen and oxygen atoms in total. The van der Waals surface area contributed by atoms with Crippen molar-refractivity contribution >= 4 is 45.5 Å². The van der Waals surface area contributed by atoms with Crippen molar-refractivity contribution in [1.29, 1.82) is 0 Å². The van der Waals surface area contributed by atoms with Gasteiger partial charge < -0.3 is 23.7 Å². The predicted molar refractivity (Wildman–Crippen MR) is 183 cm³/mol. The molecule has 1 aliphatic rings. The molecule has 0 spiro atoms. The number of methoxy groups -OCH3 is 1. The molecule has 1 fully saturated rings. The molecule has 1 saturated heterocycles. The number of ether oxygens (including phenoxy) is 2. The van der Waals surface area contributed by atoms with Crippen LogP contribution in [-0.2, 0) is 4.74 Å². The third-order valence-electron chi connectivity index (χ3n) is 8.38. The standard InChI is InChI=1S/C35H38ClFN6O5/c1-18(2)27-29(19(3)9-11-38-27)43-32-22(16-23(36)28(39-32)25-26(37)24(46-8)15-21-10-14-47-30(21)25)31(40-33(43)44)42-13-12-41(17-20(42)4)34(45)48-35(5,6)7/h9-11,14-16,18,20H,12-13,17H2,1-8H3/t20-/m0/s1. The van der Waals surface area contributed by atoms with Crippen LogP contribution in [0.5, 0.6) is 5.75 Å². The van der Waals surface area contributed by atoms with Crippen molar-refractivity contribution in [2.45, 2.75) is 66.0 Å². The third kappa shape index (κ3) is 5.82. The van der Waals surface area contributed by atoms with Crippen LogP contribution in [0.3, 0.4) is 0 Å². The number of anilines is 1. The first-order valence-electron chi connectivity index (χ1n) is 15.8. The molecule has 252 valence electrons. The van der Waals surface area contributed by atoms with Gasteiger partial charge in [-0.3, -0.25) is 4.98 Å². The molecule has 1 amide bonds. The Hall–Kier alpha value is -4.71. The lowest BCUT2D eigenvalue weighted by Crippen LogP contribution is -2.55. The first-order chi connectivity index (χ1) is 22.7. The van der Waals surface area contributed by atoms with Crippen molar-refractivity contribution in [2.24, 2.45) is 0 Å². The van der Waals surface area contributed by atoms with Crippen LogP contribution in [0, 0.1) is 12.7 Å². The number of halogens is 2. The van der Waals surface area contributed by atoms with E-state index in [1.165, 1.54) is 24.0 Å². The second-order valence-electron chi connectivity index (χ2n) is 13.3. The first kappa shape index (κ1) is 33.2. The molecule has 0 N–H and O–H groups in total. The zero-order valence-electron chi connectivity index (χ0n) is 28.2. The summed E-state index contributed by atoms with van der Waals surface area (Å²) in [5.41, 5.74) is 1.29. The number of aromatic nitrogens is 4. The molecular formula is C35H38ClFN6O5. The SMILES string of the molecule is COc1cc2ccoc2c(-c2nc3c(cc2Cl)c(N2CCN(C(=O)OC(C)(C)C)C[C@@H]2C)nc(=O)n3-c2c(C)ccnc2C(C)C)c1F. The molecule has 0 aliphatic carbocycles. The molecule has 1 atom stereocenters. The van der Waals surface area contributed by atoms with E-state index in [0.717, 1.165) is 5.56 Å². The van der Waals surface area contributed by atoms with Crippen molar-refractivity contribution in [3.8, 4) is 22.7 Å². The molecule has 4 aromatic heterocycles. The van der Waals surface area contributed by atoms with E-state index in [9.17, 15) is 9.59 Å². The Morgan fingerprint density at radius 1 is 1.17 bits per heavy atom. The van der Waals surface area contributed by atoms with E-state index in [4.69, 9.17) is 30.5 Å². The zero-order valence-corrected chi connectivity index (χ0v) is 29.0. The zero-order chi connectivity index (χ0) is 34.7. The van der Waals surface area contributed by atoms with Crippen LogP contribution in [-0.4, -0.2) is 68.9 Å². The van der Waals surface area contributed by atoms with Crippen LogP contribution >= 0.6 is 11.6 Å². The average molecular weight is 677 g/mol. The molecule has 5 aromatic rings. The lowest BCUT2D eigenvalue weighted by atomic mass is 10.0. The van der Waals surface area contributed by atoms with Gasteiger partial charge in [-0.1, -0.05) is 25.4 Å². The number of carbonyl (C=O) groups excluding carboxylic acids is 1. The first-order valence-corrected chi connectivity index (χ1v) is 16.2. The maximum atomic E-state index is 16.1. The highest BCUT2D eigenvalue weighted by molar-refractivity contribution is 6.34. The number of hydrogen-bond donors (Lipinski definition) is 0. The number of pyridine rings is 2. The molecule has 0 radical (unpaired) electrons. The number of amides is 1. The van der Waals surface area contributed by atoms with Crippen molar-refractivity contribution in [3.05, 3.63) is 69.3 Å². The van der Waals surface area contributed by atoms with E-state index in [-0.39, 0.29) is 45.2 Å². The molecule has 5 heterocycles. The summed E-state index contributed by atoms with van der Waals surface area (Å²) in [6, 6.07) is 6.45. The number of fused-ring (bicyclic) bond motifs is 2. The van der Waals surface area contributed by atoms with Crippen molar-refractivity contribution in [3.63, 3.8) is 0 Å². The minimum absolute atomic E-state index is 0.00458. The summed E-state index contributed by atoms with van der Waals surface area (Å²) >= 11 is 6.97. The predicted octanol–water partition coefficient (Wildman–Crippen LogP) is 7.27. The number of aryl methyl sites for hydroxylation is 1. The van der Waals surface area contributed by atoms with E-state index in [2.05, 4.69) is 9.97 Å². The lowest BCUT2D eigenvalue weighted by Gasteiger charge is -2.41. The summed E-state index contributed by atoms with van der Waals surface area (Å²) in [4.78, 5) is 44.9. The maximum absolute atomic E-state index is 16.1. The third-order valence-corrected chi connectivity index (χ3v) is 8.67. The van der Waals surface area contributed by atoms with Gasteiger partial charge in [0.15, 0.2) is 17.2 Å². The average Bonchev–Trinajstić information content (AvgIpc) is 3.48. The van der Waals surface area contributed by atoms with Gasteiger partial charge in [0, 0.05) is 37.3 Å². The Morgan fingerprint density at radius 2 is 1.92 bits per heavy atom. The molecule has 1 aromatic carbocycles. The van der Waals surface area contributed by atoms with Gasteiger partial charge in [-0.2, -0.15) is 4.98 Å². The Kier molecular flexibility index (Phi) is 8.57. The van der Waals surface area contributed by atoms with Crippen molar-refractivity contribution in [2.75, 3.05) is 31.6 Å². The number of nitrogens with zero attached hydrogens (tertiary/aromatic N) is 6. The van der Waals surface area contributed by atoms with Gasteiger partial charge >= 0.3 is 11.8 Å². The van der Waals surface area contributed by atoms with Crippen LogP contribution in [0.2, 0.25) is 5.02 Å². The Morgan fingerprint density at radius 3 is 2.58 bits per heavy atom. The van der Waals surface area contributed by atoms with E-state index >= 15 is 4.39 Å². The van der Waals surface area contributed by atoms with Gasteiger partial charge in [0.25, 0.3) is 0 Å². The maximum Gasteiger partial charge on any atom is 0.410 e. The van der Waals surface area contributed by atoms with Crippen molar-refractivity contribution < 1.29 is 23.1 Å². The van der Waals surface area contributed by atoms with E-state index < -0.39 is 23.2 Å². The minimum atomic E-state index is -0.704. The van der Waals surface area contributed by atoms with Crippen LogP contribution in [0.25, 0.3) is 38.9 Å². The van der Waals surface area contributed by atoms with Crippen LogP contribution in [0.4, 0.5) is 15.0 Å². The number of hydrogen-bond acceptors (Lipinski definition) is 9. The van der Waals surface area contributed by atoms with E-state index in [1.54, 1.807) is 23.2 Å². The van der Waals surface area contributed by atoms with Gasteiger partial charge in [0.1, 0.15) is 17.0 Å². The Bertz CT molecular complexity index is 2120. The Labute approximate surface area is 282 Å². The minimum Gasteiger partial charge on any atom is -0.494 e. The molecule has 13 heteroatoms. The number of benzene rings is 1. The fraction of sp³-hybridized carbons (Fsp3) is 0.400. The van der Waals surface area contributed by atoms with Gasteiger partial charge in [-0.05, 0) is 70.4 Å². The summed E-state index contributed by atoms with van der Waals surface area (Å²) in [5, 5.41) is 1.18. The van der Waals surface area contributed by atoms with Gasteiger partial charge in [-0.15, -0.1) is 0 Å². The summed E-state index contributed by atoms with van der Waals surface area (Å²) in [7, 11) is 1.38. The fourth-order valence-electron chi connectivity index (χ4n) is 6.17. The number of furan rings is 1. The fourth-order valence-corrected chi connectivity index (χ4v) is 6.42. The number of rotatable bonds is 5. The van der Waals surface area contributed by atoms with E-state index in [1.807, 2.05) is 59.4 Å². The van der Waals surface area contributed by atoms with Crippen LogP contribution in [0.15, 0.2) is 45.9 Å². The smallest absolute Gasteiger partial charge is 0.410 e. The van der Waals surface area contributed by atoms with Gasteiger partial charge in [0.05, 0.1) is 46.4 Å². The lowest BCUT2D eigenvalue weighted by molar-refractivity contribution is 0.0218. The van der Waals surface area contributed by atoms with Gasteiger partial charge in [0.2, 0.25) is 0 Å². The summed E-state index contributed by atoms with van der Waals surface area (Å²) in [5.74, 6) is -0.408. The molecule has 1 aliphatic heterocycles. The molecule has 48 heavy (non-hydrogen) atoms. The molecule has 6 rings (SSSR count). The molecule has 0 saturated carbocycles. The topological polar surface area (TPSA) is 116 Å². The summed E-state index contributed by atoms with van der Waals surface area (Å²) < 4.78 is 34.2. The number of piperazine rings is 1. The molecule has 0 unspecified atom stereocenters. The quantitative estimate of drug-likeness (QED) is 0.190. The van der Waals surface area contributed by atoms with Crippen LogP contribution in [0.1, 0.15) is 58.7 Å². The van der Waals surface area contributed by atoms with Crippen molar-refractivity contribution in [1.82, 2.24) is 24.4 Å². The highest BCUT2D eigenvalue weighted by atomic mass is 35.5. The Balaban J connectivity index is 1.61. The highest BCUT2D eigenvalue weighted by Gasteiger charge is 2.33. The second-order valence-corrected chi connectivity index (χ2v) is 13.7.